The Morgan fingerprint density at radius 1 is 1.56 bits per heavy atom. The summed E-state index contributed by atoms with van der Waals surface area (Å²) in [6.07, 6.45) is 1.54. The van der Waals surface area contributed by atoms with Gasteiger partial charge in [-0.15, -0.1) is 0 Å². The van der Waals surface area contributed by atoms with Crippen molar-refractivity contribution >= 4 is 26.9 Å². The number of nitrogens with zero attached hydrogens (tertiary/aromatic N) is 1. The van der Waals surface area contributed by atoms with Crippen molar-refractivity contribution in [2.45, 2.75) is 25.4 Å². The van der Waals surface area contributed by atoms with Crippen molar-refractivity contribution in [2.75, 3.05) is 6.26 Å². The lowest BCUT2D eigenvalue weighted by molar-refractivity contribution is 0.445. The summed E-state index contributed by atoms with van der Waals surface area (Å²) in [5.74, 6) is 0.313. The Bertz CT molecular complexity index is 572. The average molecular weight is 289 g/mol. The highest BCUT2D eigenvalue weighted by Gasteiger charge is 2.17. The van der Waals surface area contributed by atoms with E-state index >= 15 is 0 Å². The Kier molecular flexibility index (Phi) is 4.78. The molecule has 0 bridgehead atoms. The second kappa shape index (κ2) is 5.73. The molecule has 0 N–H and O–H groups in total. The van der Waals surface area contributed by atoms with E-state index in [1.54, 1.807) is 6.92 Å². The molecular formula is C11H15NO4S2. The van der Waals surface area contributed by atoms with Crippen LogP contribution in [0.3, 0.4) is 0 Å². The largest absolute Gasteiger partial charge is 0.586 e. The minimum Gasteiger partial charge on any atom is -0.586 e. The Hall–Kier alpha value is -1.05. The van der Waals surface area contributed by atoms with Gasteiger partial charge in [-0.1, -0.05) is 11.3 Å². The third-order valence-electron chi connectivity index (χ3n) is 2.06. The van der Waals surface area contributed by atoms with Crippen molar-refractivity contribution in [3.8, 4) is 0 Å². The van der Waals surface area contributed by atoms with Crippen LogP contribution in [-0.4, -0.2) is 24.9 Å². The van der Waals surface area contributed by atoms with Crippen LogP contribution in [0.2, 0.25) is 0 Å². The molecule has 0 saturated carbocycles. The smallest absolute Gasteiger partial charge is 0.218 e. The van der Waals surface area contributed by atoms with Gasteiger partial charge in [0, 0.05) is 13.2 Å². The first-order valence-corrected chi connectivity index (χ1v) is 8.20. The Morgan fingerprint density at radius 3 is 2.56 bits per heavy atom. The molecule has 0 aromatic carbocycles. The Balaban J connectivity index is 3.11. The highest BCUT2D eigenvalue weighted by atomic mass is 32.2. The van der Waals surface area contributed by atoms with Crippen LogP contribution in [0.4, 0.5) is 0 Å². The Morgan fingerprint density at radius 2 is 2.17 bits per heavy atom. The lowest BCUT2D eigenvalue weighted by Gasteiger charge is -2.03. The van der Waals surface area contributed by atoms with Gasteiger partial charge in [-0.25, -0.2) is 8.42 Å². The fourth-order valence-corrected chi connectivity index (χ4v) is 2.27. The number of hydrogen-bond donors (Lipinski definition) is 0. The molecular weight excluding hydrogens is 274 g/mol. The number of allylic oxidation sites excluding steroid dienone is 1. The van der Waals surface area contributed by atoms with Crippen molar-refractivity contribution in [1.29, 1.82) is 0 Å². The van der Waals surface area contributed by atoms with Gasteiger partial charge in [-0.3, -0.25) is 0 Å². The molecule has 0 saturated heterocycles. The molecule has 0 radical (unpaired) electrons. The van der Waals surface area contributed by atoms with E-state index in [2.05, 4.69) is 11.0 Å². The predicted octanol–water partition coefficient (Wildman–Crippen LogP) is 2.08. The molecule has 1 aromatic heterocycles. The summed E-state index contributed by atoms with van der Waals surface area (Å²) in [4.78, 5) is 0.427. The lowest BCUT2D eigenvalue weighted by Crippen LogP contribution is -2.04. The molecule has 1 unspecified atom stereocenters. The first-order valence-electron chi connectivity index (χ1n) is 5.21. The lowest BCUT2D eigenvalue weighted by atomic mass is 10.2. The quantitative estimate of drug-likeness (QED) is 0.613. The molecule has 0 aliphatic heterocycles. The van der Waals surface area contributed by atoms with E-state index in [-0.39, 0.29) is 5.09 Å². The van der Waals surface area contributed by atoms with E-state index < -0.39 is 21.2 Å². The normalized spacial score (nSPS) is 14.6. The van der Waals surface area contributed by atoms with Crippen LogP contribution in [0.25, 0.3) is 0 Å². The molecule has 0 aliphatic rings. The zero-order chi connectivity index (χ0) is 13.9. The zero-order valence-corrected chi connectivity index (χ0v) is 12.1. The number of hydrogen-bond acceptors (Lipinski definition) is 5. The highest BCUT2D eigenvalue weighted by molar-refractivity contribution is 7.94. The van der Waals surface area contributed by atoms with Gasteiger partial charge in [0.15, 0.2) is 5.76 Å². The average Bonchev–Trinajstić information content (AvgIpc) is 2.73. The molecule has 1 atom stereocenters. The molecule has 7 heteroatoms. The molecule has 0 spiro atoms. The van der Waals surface area contributed by atoms with E-state index in [1.165, 1.54) is 12.1 Å². The van der Waals surface area contributed by atoms with Crippen molar-refractivity contribution in [3.63, 3.8) is 0 Å². The maximum atomic E-state index is 11.6. The molecule has 18 heavy (non-hydrogen) atoms. The van der Waals surface area contributed by atoms with Gasteiger partial charge in [0.2, 0.25) is 14.9 Å². The first-order chi connectivity index (χ1) is 8.25. The summed E-state index contributed by atoms with van der Waals surface area (Å²) >= 11 is -1.53. The maximum absolute atomic E-state index is 11.6. The second-order valence-electron chi connectivity index (χ2n) is 3.73. The van der Waals surface area contributed by atoms with Gasteiger partial charge >= 0.3 is 0 Å². The molecule has 1 rings (SSSR count). The predicted molar refractivity (Wildman–Crippen MR) is 71.6 cm³/mol. The molecule has 0 aliphatic carbocycles. The van der Waals surface area contributed by atoms with Gasteiger partial charge < -0.3 is 8.97 Å². The minimum atomic E-state index is -3.38. The van der Waals surface area contributed by atoms with E-state index in [0.717, 1.165) is 6.26 Å². The van der Waals surface area contributed by atoms with Crippen LogP contribution in [0, 0.1) is 0 Å². The van der Waals surface area contributed by atoms with Crippen LogP contribution in [-0.2, 0) is 21.2 Å². The Labute approximate surface area is 110 Å². The fraction of sp³-hybridized carbons (Fsp3) is 0.364. The van der Waals surface area contributed by atoms with Crippen LogP contribution >= 0.6 is 0 Å². The molecule has 0 fully saturated rings. The van der Waals surface area contributed by atoms with E-state index in [1.807, 2.05) is 6.92 Å². The van der Waals surface area contributed by atoms with Gasteiger partial charge in [0.05, 0.1) is 0 Å². The summed E-state index contributed by atoms with van der Waals surface area (Å²) < 4.78 is 43.3. The molecule has 1 heterocycles. The van der Waals surface area contributed by atoms with Gasteiger partial charge in [-0.2, -0.15) is 0 Å². The van der Waals surface area contributed by atoms with Crippen molar-refractivity contribution in [2.24, 2.45) is 4.40 Å². The third kappa shape index (κ3) is 3.72. The van der Waals surface area contributed by atoms with E-state index in [0.29, 0.717) is 22.8 Å². The summed E-state index contributed by atoms with van der Waals surface area (Å²) in [5.41, 5.74) is 0.450. The zero-order valence-electron chi connectivity index (χ0n) is 10.5. The standard InChI is InChI=1S/C11H15NO4S2/c1-5-9(12-17(13)8(2)3)10-6-7-11(16-10)18(4,14)15/h6-7H,2,5H2,1,3-4H3. The van der Waals surface area contributed by atoms with E-state index in [4.69, 9.17) is 4.42 Å². The third-order valence-corrected chi connectivity index (χ3v) is 3.99. The summed E-state index contributed by atoms with van der Waals surface area (Å²) in [7, 11) is -3.38. The highest BCUT2D eigenvalue weighted by Crippen LogP contribution is 2.17. The molecule has 1 aromatic rings. The van der Waals surface area contributed by atoms with Crippen molar-refractivity contribution < 1.29 is 17.4 Å². The van der Waals surface area contributed by atoms with Gasteiger partial charge in [0.1, 0.15) is 22.0 Å². The van der Waals surface area contributed by atoms with Gasteiger partial charge in [0.25, 0.3) is 0 Å². The fourth-order valence-electron chi connectivity index (χ4n) is 1.14. The number of rotatable bonds is 5. The van der Waals surface area contributed by atoms with Crippen LogP contribution in [0.5, 0.6) is 0 Å². The summed E-state index contributed by atoms with van der Waals surface area (Å²) in [6, 6.07) is 2.87. The van der Waals surface area contributed by atoms with Crippen LogP contribution < -0.4 is 0 Å². The van der Waals surface area contributed by atoms with Crippen molar-refractivity contribution in [3.05, 3.63) is 29.4 Å². The summed E-state index contributed by atoms with van der Waals surface area (Å²) in [6.45, 7) is 6.97. The first kappa shape index (κ1) is 15.0. The van der Waals surface area contributed by atoms with Gasteiger partial charge in [-0.05, 0) is 25.1 Å². The maximum Gasteiger partial charge on any atom is 0.218 e. The summed E-state index contributed by atoms with van der Waals surface area (Å²) in [5, 5.41) is -0.125. The monoisotopic (exact) mass is 289 g/mol. The van der Waals surface area contributed by atoms with Crippen LogP contribution in [0.15, 0.2) is 37.5 Å². The minimum absolute atomic E-state index is 0.125. The van der Waals surface area contributed by atoms with Crippen molar-refractivity contribution in [1.82, 2.24) is 0 Å². The van der Waals surface area contributed by atoms with Crippen LogP contribution in [0.1, 0.15) is 26.0 Å². The number of furan rings is 1. The second-order valence-corrected chi connectivity index (χ2v) is 7.06. The van der Waals surface area contributed by atoms with E-state index in [9.17, 15) is 13.0 Å². The molecule has 5 nitrogen and oxygen atoms in total. The number of sulfone groups is 1. The molecule has 0 amide bonds. The topological polar surface area (TPSA) is 82.7 Å². The molecule has 100 valence electrons. The SMILES string of the molecule is C=C(C)[S+]([O-])N=C(CC)c1ccc(S(C)(=O)=O)o1.